The molecule has 3 amide bonds. The van der Waals surface area contributed by atoms with Crippen LogP contribution in [0.3, 0.4) is 0 Å². The Kier molecular flexibility index (Phi) is 6.24. The Morgan fingerprint density at radius 2 is 1.64 bits per heavy atom. The van der Waals surface area contributed by atoms with Gasteiger partial charge in [-0.3, -0.25) is 4.79 Å². The van der Waals surface area contributed by atoms with Gasteiger partial charge in [-0.2, -0.15) is 0 Å². The molecule has 1 N–H and O–H groups in total. The first-order valence-electron chi connectivity index (χ1n) is 9.12. The Morgan fingerprint density at radius 1 is 1.04 bits per heavy atom. The zero-order chi connectivity index (χ0) is 17.6. The van der Waals surface area contributed by atoms with E-state index in [1.54, 1.807) is 11.8 Å². The Morgan fingerprint density at radius 3 is 2.24 bits per heavy atom. The van der Waals surface area contributed by atoms with Crippen molar-refractivity contribution >= 4 is 23.7 Å². The molecule has 6 heteroatoms. The number of piperazine rings is 1. The van der Waals surface area contributed by atoms with Crippen molar-refractivity contribution in [3.8, 4) is 0 Å². The SMILES string of the molecule is CSc1ccc(CC(=O)N2CCN(C(=O)NC3CCCC3)CC2)cc1. The highest BCUT2D eigenvalue weighted by Gasteiger charge is 2.26. The van der Waals surface area contributed by atoms with Crippen LogP contribution >= 0.6 is 11.8 Å². The van der Waals surface area contributed by atoms with Gasteiger partial charge in [-0.1, -0.05) is 25.0 Å². The van der Waals surface area contributed by atoms with E-state index in [4.69, 9.17) is 0 Å². The number of amides is 3. The molecule has 1 aromatic carbocycles. The fourth-order valence-corrected chi connectivity index (χ4v) is 3.93. The molecule has 1 saturated carbocycles. The summed E-state index contributed by atoms with van der Waals surface area (Å²) in [6.07, 6.45) is 7.10. The number of carbonyl (C=O) groups excluding carboxylic acids is 2. The first-order chi connectivity index (χ1) is 12.2. The summed E-state index contributed by atoms with van der Waals surface area (Å²) in [5, 5.41) is 3.12. The standard InChI is InChI=1S/C19H27N3O2S/c1-25-17-8-6-15(7-9-17)14-18(23)21-10-12-22(13-11-21)19(24)20-16-4-2-3-5-16/h6-9,16H,2-5,10-14H2,1H3,(H,20,24). The number of hydrogen-bond donors (Lipinski definition) is 1. The molecule has 136 valence electrons. The number of nitrogens with one attached hydrogen (secondary N) is 1. The van der Waals surface area contributed by atoms with E-state index in [2.05, 4.69) is 17.4 Å². The molecule has 0 atom stereocenters. The van der Waals surface area contributed by atoms with Crippen LogP contribution < -0.4 is 5.32 Å². The lowest BCUT2D eigenvalue weighted by Gasteiger charge is -2.35. The number of rotatable bonds is 4. The molecule has 3 rings (SSSR count). The number of carbonyl (C=O) groups is 2. The van der Waals surface area contributed by atoms with Crippen molar-refractivity contribution in [1.82, 2.24) is 15.1 Å². The molecule has 25 heavy (non-hydrogen) atoms. The summed E-state index contributed by atoms with van der Waals surface area (Å²) in [4.78, 5) is 29.7. The van der Waals surface area contributed by atoms with Gasteiger partial charge in [0.25, 0.3) is 0 Å². The van der Waals surface area contributed by atoms with Crippen molar-refractivity contribution in [2.24, 2.45) is 0 Å². The van der Waals surface area contributed by atoms with Crippen LogP contribution in [0.25, 0.3) is 0 Å². The van der Waals surface area contributed by atoms with Crippen LogP contribution in [0.15, 0.2) is 29.2 Å². The van der Waals surface area contributed by atoms with Gasteiger partial charge in [0, 0.05) is 37.1 Å². The van der Waals surface area contributed by atoms with Crippen LogP contribution in [-0.2, 0) is 11.2 Å². The zero-order valence-electron chi connectivity index (χ0n) is 14.9. The van der Waals surface area contributed by atoms with E-state index >= 15 is 0 Å². The molecule has 1 saturated heterocycles. The highest BCUT2D eigenvalue weighted by Crippen LogP contribution is 2.18. The summed E-state index contributed by atoms with van der Waals surface area (Å²) in [5.41, 5.74) is 1.05. The smallest absolute Gasteiger partial charge is 0.317 e. The first kappa shape index (κ1) is 18.1. The van der Waals surface area contributed by atoms with Gasteiger partial charge < -0.3 is 15.1 Å². The van der Waals surface area contributed by atoms with Crippen LogP contribution in [0.2, 0.25) is 0 Å². The first-order valence-corrected chi connectivity index (χ1v) is 10.3. The molecule has 0 unspecified atom stereocenters. The second-order valence-corrected chi connectivity index (χ2v) is 7.70. The van der Waals surface area contributed by atoms with E-state index in [0.29, 0.717) is 38.6 Å². The van der Waals surface area contributed by atoms with E-state index in [1.807, 2.05) is 28.2 Å². The van der Waals surface area contributed by atoms with Gasteiger partial charge in [0.05, 0.1) is 6.42 Å². The van der Waals surface area contributed by atoms with Crippen LogP contribution in [0.4, 0.5) is 4.79 Å². The molecular formula is C19H27N3O2S. The van der Waals surface area contributed by atoms with Gasteiger partial charge in [0.1, 0.15) is 0 Å². The summed E-state index contributed by atoms with van der Waals surface area (Å²) < 4.78 is 0. The van der Waals surface area contributed by atoms with Crippen molar-refractivity contribution in [3.05, 3.63) is 29.8 Å². The Hall–Kier alpha value is -1.69. The third kappa shape index (κ3) is 4.91. The van der Waals surface area contributed by atoms with E-state index in [0.717, 1.165) is 18.4 Å². The maximum Gasteiger partial charge on any atom is 0.317 e. The topological polar surface area (TPSA) is 52.7 Å². The molecule has 0 aromatic heterocycles. The predicted octanol–water partition coefficient (Wildman–Crippen LogP) is 2.75. The van der Waals surface area contributed by atoms with E-state index in [1.165, 1.54) is 17.7 Å². The molecule has 2 fully saturated rings. The van der Waals surface area contributed by atoms with Crippen molar-refractivity contribution < 1.29 is 9.59 Å². The minimum atomic E-state index is 0.0339. The minimum Gasteiger partial charge on any atom is -0.339 e. The number of nitrogens with zero attached hydrogens (tertiary/aromatic N) is 2. The molecule has 1 heterocycles. The summed E-state index contributed by atoms with van der Waals surface area (Å²) in [5.74, 6) is 0.146. The van der Waals surface area contributed by atoms with Gasteiger partial charge in [-0.15, -0.1) is 11.8 Å². The fourth-order valence-electron chi connectivity index (χ4n) is 3.52. The molecule has 0 bridgehead atoms. The maximum atomic E-state index is 12.5. The molecule has 2 aliphatic rings. The highest BCUT2D eigenvalue weighted by atomic mass is 32.2. The zero-order valence-corrected chi connectivity index (χ0v) is 15.7. The lowest BCUT2D eigenvalue weighted by Crippen LogP contribution is -2.54. The average Bonchev–Trinajstić information content (AvgIpc) is 3.15. The van der Waals surface area contributed by atoms with Crippen LogP contribution in [0.1, 0.15) is 31.2 Å². The molecular weight excluding hydrogens is 334 g/mol. The van der Waals surface area contributed by atoms with Crippen molar-refractivity contribution in [1.29, 1.82) is 0 Å². The molecule has 0 spiro atoms. The Bertz CT molecular complexity index is 591. The number of benzene rings is 1. The van der Waals surface area contributed by atoms with E-state index in [9.17, 15) is 9.59 Å². The highest BCUT2D eigenvalue weighted by molar-refractivity contribution is 7.98. The second-order valence-electron chi connectivity index (χ2n) is 6.82. The number of thioether (sulfide) groups is 1. The average molecular weight is 362 g/mol. The molecule has 0 radical (unpaired) electrons. The quantitative estimate of drug-likeness (QED) is 0.839. The third-order valence-corrected chi connectivity index (χ3v) is 5.86. The van der Waals surface area contributed by atoms with Gasteiger partial charge in [0.2, 0.25) is 5.91 Å². The van der Waals surface area contributed by atoms with E-state index < -0.39 is 0 Å². The fraction of sp³-hybridized carbons (Fsp3) is 0.579. The van der Waals surface area contributed by atoms with Crippen molar-refractivity contribution in [3.63, 3.8) is 0 Å². The number of hydrogen-bond acceptors (Lipinski definition) is 3. The van der Waals surface area contributed by atoms with Gasteiger partial charge in [-0.05, 0) is 36.8 Å². The lowest BCUT2D eigenvalue weighted by molar-refractivity contribution is -0.131. The predicted molar refractivity (Wildman–Crippen MR) is 101 cm³/mol. The van der Waals surface area contributed by atoms with Crippen molar-refractivity contribution in [2.75, 3.05) is 32.4 Å². The lowest BCUT2D eigenvalue weighted by atomic mass is 10.1. The van der Waals surface area contributed by atoms with Crippen LogP contribution in [0, 0.1) is 0 Å². The Balaban J connectivity index is 1.44. The summed E-state index contributed by atoms with van der Waals surface area (Å²) in [6, 6.07) is 8.53. The normalized spacial score (nSPS) is 18.4. The van der Waals surface area contributed by atoms with Gasteiger partial charge >= 0.3 is 6.03 Å². The number of urea groups is 1. The van der Waals surface area contributed by atoms with Crippen molar-refractivity contribution in [2.45, 2.75) is 43.0 Å². The summed E-state index contributed by atoms with van der Waals surface area (Å²) >= 11 is 1.70. The molecule has 5 nitrogen and oxygen atoms in total. The second kappa shape index (κ2) is 8.61. The Labute approximate surface area is 154 Å². The van der Waals surface area contributed by atoms with Gasteiger partial charge in [0.15, 0.2) is 0 Å². The van der Waals surface area contributed by atoms with E-state index in [-0.39, 0.29) is 11.9 Å². The van der Waals surface area contributed by atoms with Crippen LogP contribution in [-0.4, -0.2) is 60.2 Å². The third-order valence-electron chi connectivity index (χ3n) is 5.12. The molecule has 1 aliphatic carbocycles. The largest absolute Gasteiger partial charge is 0.339 e. The van der Waals surface area contributed by atoms with Gasteiger partial charge in [-0.25, -0.2) is 4.79 Å². The monoisotopic (exact) mass is 361 g/mol. The summed E-state index contributed by atoms with van der Waals surface area (Å²) in [7, 11) is 0. The maximum absolute atomic E-state index is 12.5. The van der Waals surface area contributed by atoms with Crippen LogP contribution in [0.5, 0.6) is 0 Å². The minimum absolute atomic E-state index is 0.0339. The molecule has 1 aromatic rings. The molecule has 1 aliphatic heterocycles. The summed E-state index contributed by atoms with van der Waals surface area (Å²) in [6.45, 7) is 2.49.